The molecule has 32 heavy (non-hydrogen) atoms. The number of tetrazole rings is 1. The molecule has 10 heteroatoms. The quantitative estimate of drug-likeness (QED) is 0.471. The molecule has 0 spiro atoms. The molecule has 0 aromatic carbocycles. The highest BCUT2D eigenvalue weighted by atomic mass is 32.1. The molecule has 4 aromatic heterocycles. The van der Waals surface area contributed by atoms with Gasteiger partial charge in [-0.3, -0.25) is 9.78 Å². The van der Waals surface area contributed by atoms with Crippen LogP contribution in [0.15, 0.2) is 36.7 Å². The Hall–Kier alpha value is -3.53. The van der Waals surface area contributed by atoms with Gasteiger partial charge in [-0.2, -0.15) is 0 Å². The van der Waals surface area contributed by atoms with Crippen LogP contribution in [-0.2, 0) is 0 Å². The van der Waals surface area contributed by atoms with Gasteiger partial charge in [0.05, 0.1) is 15.9 Å². The van der Waals surface area contributed by atoms with Crippen molar-refractivity contribution in [1.29, 1.82) is 0 Å². The molecule has 162 valence electrons. The molecular weight excluding hydrogens is 424 g/mol. The van der Waals surface area contributed by atoms with E-state index in [2.05, 4.69) is 35.8 Å². The van der Waals surface area contributed by atoms with Crippen LogP contribution in [0.2, 0.25) is 0 Å². The van der Waals surface area contributed by atoms with Gasteiger partial charge in [0.15, 0.2) is 0 Å². The van der Waals surface area contributed by atoms with Crippen LogP contribution in [-0.4, -0.2) is 41.1 Å². The molecule has 1 amide bonds. The largest absolute Gasteiger partial charge is 0.305 e. The van der Waals surface area contributed by atoms with Crippen LogP contribution in [0.4, 0.5) is 5.82 Å². The SMILES string of the molecule is Cc1cnc(C(=O)Nc2cccc(-c3nnnn3C(C)C)n2)cc1-c1cnc(C2CC2)s1. The average Bonchev–Trinajstić information content (AvgIpc) is 3.31. The topological polar surface area (TPSA) is 111 Å². The number of hydrogen-bond donors (Lipinski definition) is 1. The lowest BCUT2D eigenvalue weighted by atomic mass is 10.1. The maximum atomic E-state index is 12.9. The van der Waals surface area contributed by atoms with Gasteiger partial charge in [0.25, 0.3) is 5.91 Å². The fourth-order valence-corrected chi connectivity index (χ4v) is 4.53. The zero-order chi connectivity index (χ0) is 22.2. The van der Waals surface area contributed by atoms with Crippen molar-refractivity contribution in [3.63, 3.8) is 0 Å². The molecular formula is C22H22N8OS. The number of pyridine rings is 2. The molecule has 0 saturated heterocycles. The fourth-order valence-electron chi connectivity index (χ4n) is 3.36. The molecule has 9 nitrogen and oxygen atoms in total. The minimum Gasteiger partial charge on any atom is -0.305 e. The Morgan fingerprint density at radius 1 is 1.22 bits per heavy atom. The highest BCUT2D eigenvalue weighted by molar-refractivity contribution is 7.15. The lowest BCUT2D eigenvalue weighted by molar-refractivity contribution is 0.102. The Morgan fingerprint density at radius 2 is 2.06 bits per heavy atom. The monoisotopic (exact) mass is 446 g/mol. The summed E-state index contributed by atoms with van der Waals surface area (Å²) in [5.41, 5.74) is 2.89. The van der Waals surface area contributed by atoms with E-state index in [4.69, 9.17) is 0 Å². The van der Waals surface area contributed by atoms with Gasteiger partial charge in [-0.25, -0.2) is 14.6 Å². The number of amides is 1. The van der Waals surface area contributed by atoms with Crippen molar-refractivity contribution in [2.45, 2.75) is 45.6 Å². The first kappa shape index (κ1) is 20.4. The highest BCUT2D eigenvalue weighted by Crippen LogP contribution is 2.43. The van der Waals surface area contributed by atoms with E-state index in [1.807, 2.05) is 45.2 Å². The summed E-state index contributed by atoms with van der Waals surface area (Å²) in [4.78, 5) is 27.4. The summed E-state index contributed by atoms with van der Waals surface area (Å²) >= 11 is 1.70. The second kappa shape index (κ2) is 8.19. The predicted molar refractivity (Wildman–Crippen MR) is 121 cm³/mol. The summed E-state index contributed by atoms with van der Waals surface area (Å²) in [6.07, 6.45) is 6.05. The molecule has 1 aliphatic rings. The summed E-state index contributed by atoms with van der Waals surface area (Å²) in [5, 5.41) is 15.8. The molecule has 1 aliphatic carbocycles. The molecule has 1 fully saturated rings. The second-order valence-corrected chi connectivity index (χ2v) is 9.19. The van der Waals surface area contributed by atoms with E-state index in [0.717, 1.165) is 16.0 Å². The van der Waals surface area contributed by atoms with E-state index in [0.29, 0.717) is 28.9 Å². The van der Waals surface area contributed by atoms with E-state index < -0.39 is 0 Å². The predicted octanol–water partition coefficient (Wildman–Crippen LogP) is 4.27. The normalized spacial score (nSPS) is 13.5. The Morgan fingerprint density at radius 3 is 2.84 bits per heavy atom. The van der Waals surface area contributed by atoms with Crippen LogP contribution in [0, 0.1) is 6.92 Å². The lowest BCUT2D eigenvalue weighted by Gasteiger charge is -2.09. The van der Waals surface area contributed by atoms with Gasteiger partial charge < -0.3 is 5.32 Å². The molecule has 1 saturated carbocycles. The van der Waals surface area contributed by atoms with E-state index in [9.17, 15) is 4.79 Å². The van der Waals surface area contributed by atoms with Gasteiger partial charge in [0, 0.05) is 23.9 Å². The summed E-state index contributed by atoms with van der Waals surface area (Å²) in [7, 11) is 0. The van der Waals surface area contributed by atoms with Crippen LogP contribution in [0.3, 0.4) is 0 Å². The Bertz CT molecular complexity index is 1290. The Balaban J connectivity index is 1.39. The number of aryl methyl sites for hydroxylation is 1. The van der Waals surface area contributed by atoms with Crippen LogP contribution >= 0.6 is 11.3 Å². The van der Waals surface area contributed by atoms with Crippen LogP contribution < -0.4 is 5.32 Å². The van der Waals surface area contributed by atoms with Gasteiger partial charge in [-0.15, -0.1) is 16.4 Å². The zero-order valence-electron chi connectivity index (χ0n) is 18.0. The van der Waals surface area contributed by atoms with Crippen LogP contribution in [0.1, 0.15) is 59.7 Å². The molecule has 0 aliphatic heterocycles. The minimum atomic E-state index is -0.328. The number of carbonyl (C=O) groups excluding carboxylic acids is 1. The number of aromatic nitrogens is 7. The lowest BCUT2D eigenvalue weighted by Crippen LogP contribution is -2.15. The summed E-state index contributed by atoms with van der Waals surface area (Å²) in [6.45, 7) is 5.97. The van der Waals surface area contributed by atoms with Crippen molar-refractivity contribution in [3.05, 3.63) is 52.9 Å². The van der Waals surface area contributed by atoms with E-state index in [1.54, 1.807) is 28.3 Å². The first-order valence-electron chi connectivity index (χ1n) is 10.5. The highest BCUT2D eigenvalue weighted by Gasteiger charge is 2.27. The summed E-state index contributed by atoms with van der Waals surface area (Å²) in [6, 6.07) is 7.25. The number of rotatable bonds is 6. The number of anilines is 1. The standard InChI is InChI=1S/C22H22N8OS/c1-12(2)30-20(27-28-29-30)16-5-4-6-19(25-16)26-21(31)17-9-15(13(3)10-23-17)18-11-24-22(32-18)14-7-8-14/h4-6,9-12,14H,7-8H2,1-3H3,(H,25,26,31). The van der Waals surface area contributed by atoms with Crippen molar-refractivity contribution in [2.24, 2.45) is 0 Å². The van der Waals surface area contributed by atoms with Gasteiger partial charge in [-0.05, 0) is 67.8 Å². The fraction of sp³-hybridized carbons (Fsp3) is 0.318. The van der Waals surface area contributed by atoms with E-state index in [-0.39, 0.29) is 11.9 Å². The number of thiazole rings is 1. The van der Waals surface area contributed by atoms with Crippen molar-refractivity contribution in [3.8, 4) is 22.0 Å². The molecule has 4 aromatic rings. The third-order valence-corrected chi connectivity index (χ3v) is 6.45. The summed E-state index contributed by atoms with van der Waals surface area (Å²) < 4.78 is 1.69. The molecule has 0 bridgehead atoms. The van der Waals surface area contributed by atoms with Gasteiger partial charge in [0.2, 0.25) is 5.82 Å². The zero-order valence-corrected chi connectivity index (χ0v) is 18.8. The third-order valence-electron chi connectivity index (χ3n) is 5.25. The maximum Gasteiger partial charge on any atom is 0.275 e. The first-order chi connectivity index (χ1) is 15.5. The minimum absolute atomic E-state index is 0.0856. The molecule has 0 radical (unpaired) electrons. The van der Waals surface area contributed by atoms with Gasteiger partial charge in [0.1, 0.15) is 17.2 Å². The van der Waals surface area contributed by atoms with Crippen molar-refractivity contribution < 1.29 is 4.79 Å². The summed E-state index contributed by atoms with van der Waals surface area (Å²) in [5.74, 6) is 1.23. The number of nitrogens with zero attached hydrogens (tertiary/aromatic N) is 7. The van der Waals surface area contributed by atoms with Crippen molar-refractivity contribution >= 4 is 23.1 Å². The van der Waals surface area contributed by atoms with Crippen LogP contribution in [0.5, 0.6) is 0 Å². The number of hydrogen-bond acceptors (Lipinski definition) is 8. The maximum absolute atomic E-state index is 12.9. The van der Waals surface area contributed by atoms with Gasteiger partial charge in [-0.1, -0.05) is 6.07 Å². The molecule has 1 N–H and O–H groups in total. The average molecular weight is 447 g/mol. The van der Waals surface area contributed by atoms with E-state index in [1.165, 1.54) is 17.8 Å². The second-order valence-electron chi connectivity index (χ2n) is 8.12. The number of carbonyl (C=O) groups is 1. The molecule has 4 heterocycles. The van der Waals surface area contributed by atoms with Gasteiger partial charge >= 0.3 is 0 Å². The Kier molecular flexibility index (Phi) is 5.22. The molecule has 5 rings (SSSR count). The first-order valence-corrected chi connectivity index (χ1v) is 11.3. The van der Waals surface area contributed by atoms with Crippen molar-refractivity contribution in [1.82, 2.24) is 35.2 Å². The van der Waals surface area contributed by atoms with Crippen molar-refractivity contribution in [2.75, 3.05) is 5.32 Å². The third kappa shape index (κ3) is 4.01. The number of nitrogens with one attached hydrogen (secondary N) is 1. The smallest absolute Gasteiger partial charge is 0.275 e. The van der Waals surface area contributed by atoms with Crippen LogP contribution in [0.25, 0.3) is 22.0 Å². The molecule has 0 atom stereocenters. The van der Waals surface area contributed by atoms with E-state index >= 15 is 0 Å². The molecule has 0 unspecified atom stereocenters. The Labute approximate surface area is 189 Å².